The molecule has 1 aliphatic rings. The van der Waals surface area contributed by atoms with Gasteiger partial charge in [-0.2, -0.15) is 5.26 Å². The predicted octanol–water partition coefficient (Wildman–Crippen LogP) is 2.98. The van der Waals surface area contributed by atoms with Crippen LogP contribution < -0.4 is 15.0 Å². The van der Waals surface area contributed by atoms with Crippen LogP contribution in [0.3, 0.4) is 0 Å². The summed E-state index contributed by atoms with van der Waals surface area (Å²) < 4.78 is 29.8. The minimum absolute atomic E-state index is 0.116. The lowest BCUT2D eigenvalue weighted by molar-refractivity contribution is -0.0964. The summed E-state index contributed by atoms with van der Waals surface area (Å²) >= 11 is 4.75. The lowest BCUT2D eigenvalue weighted by Crippen LogP contribution is -2.23. The molecular formula is C23H18ClF2N5O4. The van der Waals surface area contributed by atoms with E-state index < -0.39 is 23.7 Å². The van der Waals surface area contributed by atoms with E-state index in [1.807, 2.05) is 0 Å². The number of carbonyl (C=O) groups excluding carboxylic acids is 1. The molecule has 1 aromatic carbocycles. The maximum absolute atomic E-state index is 12.9. The van der Waals surface area contributed by atoms with E-state index in [2.05, 4.69) is 26.1 Å². The minimum atomic E-state index is -3.86. The van der Waals surface area contributed by atoms with E-state index in [-0.39, 0.29) is 24.4 Å². The molecule has 180 valence electrons. The Balaban J connectivity index is 1.65. The van der Waals surface area contributed by atoms with Crippen LogP contribution in [0.15, 0.2) is 55.0 Å². The summed E-state index contributed by atoms with van der Waals surface area (Å²) in [6, 6.07) is 10.3. The number of rotatable bonds is 6. The van der Waals surface area contributed by atoms with Crippen LogP contribution in [0.2, 0.25) is 0 Å². The fourth-order valence-corrected chi connectivity index (χ4v) is 3.71. The number of hydrogen-bond acceptors (Lipinski definition) is 8. The molecule has 3 aromatic rings. The van der Waals surface area contributed by atoms with Gasteiger partial charge in [0.2, 0.25) is 0 Å². The summed E-state index contributed by atoms with van der Waals surface area (Å²) in [5.41, 5.74) is -2.28. The number of β-amino-alcohol motifs (C(OH)–C–C–N with tert-alkyl or cyclic N) is 2. The first-order chi connectivity index (χ1) is 16.6. The van der Waals surface area contributed by atoms with Gasteiger partial charge in [-0.05, 0) is 36.4 Å². The minimum Gasteiger partial charge on any atom is -0.420 e. The third kappa shape index (κ3) is 5.63. The van der Waals surface area contributed by atoms with Crippen molar-refractivity contribution in [2.45, 2.75) is 17.8 Å². The number of pyridine rings is 2. The lowest BCUT2D eigenvalue weighted by Gasteiger charge is -2.21. The van der Waals surface area contributed by atoms with Crippen molar-refractivity contribution < 1.29 is 28.5 Å². The predicted molar refractivity (Wildman–Crippen MR) is 122 cm³/mol. The van der Waals surface area contributed by atoms with Gasteiger partial charge < -0.3 is 25.2 Å². The Hall–Kier alpha value is -3.85. The fourth-order valence-electron chi connectivity index (χ4n) is 3.62. The van der Waals surface area contributed by atoms with Crippen LogP contribution in [0.4, 0.5) is 20.3 Å². The summed E-state index contributed by atoms with van der Waals surface area (Å²) in [6.07, 6.45) is 2.31. The molecule has 1 fully saturated rings. The van der Waals surface area contributed by atoms with E-state index in [0.29, 0.717) is 28.2 Å². The number of nitriles is 1. The summed E-state index contributed by atoms with van der Waals surface area (Å²) in [5.74, 6) is -0.373. The molecule has 0 aliphatic carbocycles. The zero-order chi connectivity index (χ0) is 25.2. The number of benzene rings is 1. The van der Waals surface area contributed by atoms with Crippen molar-refractivity contribution in [2.75, 3.05) is 23.3 Å². The van der Waals surface area contributed by atoms with Crippen LogP contribution in [0, 0.1) is 11.3 Å². The summed E-state index contributed by atoms with van der Waals surface area (Å²) in [5, 5.41) is 32.1. The average Bonchev–Trinajstić information content (AvgIpc) is 3.16. The lowest BCUT2D eigenvalue weighted by atomic mass is 10.0. The Bertz CT molecular complexity index is 1270. The second kappa shape index (κ2) is 9.79. The molecule has 1 aliphatic heterocycles. The molecule has 0 saturated carbocycles. The number of halogens is 3. The molecule has 12 heteroatoms. The molecule has 4 rings (SSSR count). The van der Waals surface area contributed by atoms with E-state index in [4.69, 9.17) is 11.6 Å². The normalized spacial score (nSPS) is 17.7. The number of ether oxygens (including phenoxy) is 1. The smallest absolute Gasteiger partial charge is 0.420 e. The van der Waals surface area contributed by atoms with Crippen molar-refractivity contribution in [1.82, 2.24) is 9.97 Å². The first-order valence-electron chi connectivity index (χ1n) is 10.3. The third-order valence-corrected chi connectivity index (χ3v) is 5.34. The molecular weight excluding hydrogens is 484 g/mol. The third-order valence-electron chi connectivity index (χ3n) is 5.26. The highest BCUT2D eigenvalue weighted by molar-refractivity contribution is 6.20. The Labute approximate surface area is 203 Å². The summed E-state index contributed by atoms with van der Waals surface area (Å²) in [6.45, 7) is 0.231. The van der Waals surface area contributed by atoms with Gasteiger partial charge in [-0.25, -0.2) is 4.98 Å². The molecule has 1 amide bonds. The first kappa shape index (κ1) is 24.3. The molecule has 0 bridgehead atoms. The van der Waals surface area contributed by atoms with E-state index >= 15 is 0 Å². The Kier molecular flexibility index (Phi) is 6.79. The van der Waals surface area contributed by atoms with Gasteiger partial charge in [0.05, 0.1) is 29.4 Å². The highest BCUT2D eigenvalue weighted by Gasteiger charge is 2.32. The highest BCUT2D eigenvalue weighted by atomic mass is 35.5. The monoisotopic (exact) mass is 501 g/mol. The van der Waals surface area contributed by atoms with Crippen LogP contribution in [-0.2, 0) is 0 Å². The van der Waals surface area contributed by atoms with E-state index in [9.17, 15) is 29.1 Å². The summed E-state index contributed by atoms with van der Waals surface area (Å²) in [7, 11) is 0. The Morgan fingerprint density at radius 1 is 1.17 bits per heavy atom. The molecule has 1 saturated heterocycles. The maximum atomic E-state index is 12.9. The van der Waals surface area contributed by atoms with Crippen molar-refractivity contribution >= 4 is 29.0 Å². The number of aliphatic hydroxyl groups excluding tert-OH is 2. The van der Waals surface area contributed by atoms with Gasteiger partial charge >= 0.3 is 5.57 Å². The fraction of sp³-hybridized carbons (Fsp3) is 0.217. The van der Waals surface area contributed by atoms with Crippen LogP contribution in [0.25, 0.3) is 11.1 Å². The molecule has 0 radical (unpaired) electrons. The van der Waals surface area contributed by atoms with Crippen LogP contribution in [-0.4, -0.2) is 57.0 Å². The van der Waals surface area contributed by atoms with Gasteiger partial charge in [-0.1, -0.05) is 0 Å². The number of hydrogen-bond donors (Lipinski definition) is 3. The Morgan fingerprint density at radius 3 is 2.49 bits per heavy atom. The number of amides is 1. The zero-order valence-electron chi connectivity index (χ0n) is 17.9. The maximum Gasteiger partial charge on any atom is 0.487 e. The number of nitrogens with zero attached hydrogens (tertiary/aromatic N) is 4. The number of carbonyl (C=O) groups is 1. The topological polar surface area (TPSA) is 132 Å². The average molecular weight is 502 g/mol. The molecule has 3 heterocycles. The van der Waals surface area contributed by atoms with Crippen molar-refractivity contribution in [3.8, 4) is 22.9 Å². The summed E-state index contributed by atoms with van der Waals surface area (Å²) in [4.78, 5) is 23.0. The van der Waals surface area contributed by atoms with Crippen molar-refractivity contribution in [3.63, 3.8) is 0 Å². The van der Waals surface area contributed by atoms with Crippen LogP contribution in [0.5, 0.6) is 5.75 Å². The van der Waals surface area contributed by atoms with Crippen LogP contribution >= 0.6 is 11.6 Å². The first-order valence-corrected chi connectivity index (χ1v) is 10.6. The van der Waals surface area contributed by atoms with Crippen molar-refractivity contribution in [1.29, 1.82) is 5.26 Å². The van der Waals surface area contributed by atoms with Gasteiger partial charge in [0.15, 0.2) is 0 Å². The van der Waals surface area contributed by atoms with E-state index in [1.165, 1.54) is 55.0 Å². The number of nitrogens with one attached hydrogen (secondary N) is 1. The van der Waals surface area contributed by atoms with Gasteiger partial charge in [-0.15, -0.1) is 8.78 Å². The molecule has 2 aromatic heterocycles. The van der Waals surface area contributed by atoms with Crippen LogP contribution in [0.1, 0.15) is 15.9 Å². The van der Waals surface area contributed by atoms with Crippen molar-refractivity contribution in [2.24, 2.45) is 0 Å². The Morgan fingerprint density at radius 2 is 1.86 bits per heavy atom. The van der Waals surface area contributed by atoms with E-state index in [0.717, 1.165) is 0 Å². The highest BCUT2D eigenvalue weighted by Crippen LogP contribution is 2.34. The van der Waals surface area contributed by atoms with Gasteiger partial charge in [-0.3, -0.25) is 9.78 Å². The number of alkyl halides is 3. The second-order valence-corrected chi connectivity index (χ2v) is 8.13. The number of aromatic nitrogens is 2. The van der Waals surface area contributed by atoms with E-state index in [1.54, 1.807) is 4.90 Å². The van der Waals surface area contributed by atoms with Gasteiger partial charge in [0.1, 0.15) is 11.6 Å². The van der Waals surface area contributed by atoms with Gasteiger partial charge in [0, 0.05) is 60.1 Å². The molecule has 0 spiro atoms. The second-order valence-electron chi connectivity index (χ2n) is 7.69. The zero-order valence-corrected chi connectivity index (χ0v) is 18.7. The quantitative estimate of drug-likeness (QED) is 0.439. The van der Waals surface area contributed by atoms with Gasteiger partial charge in [0.25, 0.3) is 5.91 Å². The molecule has 9 nitrogen and oxygen atoms in total. The number of anilines is 2. The molecule has 3 N–H and O–H groups in total. The van der Waals surface area contributed by atoms with Crippen molar-refractivity contribution in [3.05, 3.63) is 66.1 Å². The number of aliphatic hydroxyl groups is 2. The largest absolute Gasteiger partial charge is 0.487 e. The standard InChI is InChI=1S/C23H18ClF2N5O4/c24-23(25,26)35-16-3-1-15(2-4-16)30-22(34)14-7-17(18-10-28-6-5-13(18)8-27)21(29-9-14)31-11-19(32)20(33)12-31/h1-7,9-10,19-20,32-33H,11-12H2,(H,30,34). The SMILES string of the molecule is N#Cc1ccncc1-c1cc(C(=O)Nc2ccc(OC(F)(F)Cl)cc2)cnc1N1CC(O)C(O)C1. The molecule has 2 unspecified atom stereocenters. The molecule has 2 atom stereocenters. The molecule has 35 heavy (non-hydrogen) atoms.